The summed E-state index contributed by atoms with van der Waals surface area (Å²) in [6.07, 6.45) is 1.12. The van der Waals surface area contributed by atoms with Gasteiger partial charge in [0.1, 0.15) is 12.3 Å². The Balaban J connectivity index is 1.71. The molecule has 0 radical (unpaired) electrons. The van der Waals surface area contributed by atoms with Crippen LogP contribution in [0.5, 0.6) is 0 Å². The van der Waals surface area contributed by atoms with Crippen LogP contribution in [0.25, 0.3) is 0 Å². The zero-order valence-corrected chi connectivity index (χ0v) is 11.5. The fraction of sp³-hybridized carbons (Fsp3) is 0.533. The lowest BCUT2D eigenvalue weighted by Crippen LogP contribution is -2.40. The third-order valence-electron chi connectivity index (χ3n) is 3.49. The molecule has 4 nitrogen and oxygen atoms in total. The summed E-state index contributed by atoms with van der Waals surface area (Å²) >= 11 is 0. The number of alkyl halides is 1. The van der Waals surface area contributed by atoms with Crippen LogP contribution in [0.15, 0.2) is 30.3 Å². The van der Waals surface area contributed by atoms with Crippen molar-refractivity contribution in [3.05, 3.63) is 35.9 Å². The zero-order valence-electron chi connectivity index (χ0n) is 11.5. The van der Waals surface area contributed by atoms with Gasteiger partial charge in [-0.15, -0.1) is 0 Å². The first-order chi connectivity index (χ1) is 9.68. The summed E-state index contributed by atoms with van der Waals surface area (Å²) < 4.78 is 19.5. The zero-order chi connectivity index (χ0) is 14.3. The second-order valence-electron chi connectivity index (χ2n) is 5.17. The van der Waals surface area contributed by atoms with Crippen LogP contribution >= 0.6 is 0 Å². The molecule has 2 rings (SSSR count). The molecule has 0 spiro atoms. The molecule has 1 unspecified atom stereocenters. The monoisotopic (exact) mass is 280 g/mol. The van der Waals surface area contributed by atoms with E-state index in [2.05, 4.69) is 10.6 Å². The number of amides is 1. The molecule has 0 aromatic heterocycles. The molecular weight excluding hydrogens is 259 g/mol. The first kappa shape index (κ1) is 14.8. The van der Waals surface area contributed by atoms with Crippen LogP contribution in [-0.2, 0) is 11.3 Å². The van der Waals surface area contributed by atoms with E-state index in [0.717, 1.165) is 18.5 Å². The Labute approximate surface area is 118 Å². The molecule has 110 valence electrons. The summed E-state index contributed by atoms with van der Waals surface area (Å²) in [5.41, 5.74) is -0.411. The van der Waals surface area contributed by atoms with Crippen LogP contribution in [-0.4, -0.2) is 31.4 Å². The van der Waals surface area contributed by atoms with Crippen molar-refractivity contribution in [2.45, 2.75) is 31.5 Å². The summed E-state index contributed by atoms with van der Waals surface area (Å²) in [4.78, 5) is 11.6. The van der Waals surface area contributed by atoms with Crippen molar-refractivity contribution >= 4 is 6.09 Å². The van der Waals surface area contributed by atoms with Gasteiger partial charge >= 0.3 is 6.09 Å². The number of rotatable bonds is 4. The minimum absolute atomic E-state index is 0.0162. The molecule has 1 amide bonds. The summed E-state index contributed by atoms with van der Waals surface area (Å²) in [7, 11) is 0. The number of halogens is 1. The van der Waals surface area contributed by atoms with Gasteiger partial charge in [-0.3, -0.25) is 0 Å². The van der Waals surface area contributed by atoms with Crippen molar-refractivity contribution in [1.29, 1.82) is 0 Å². The SMILES string of the molecule is O=C(NCC1(F)CCCNCC1)OCc1ccccc1. The molecule has 1 aromatic carbocycles. The molecule has 0 aliphatic carbocycles. The Morgan fingerprint density at radius 3 is 2.90 bits per heavy atom. The molecule has 1 aliphatic heterocycles. The van der Waals surface area contributed by atoms with E-state index in [1.54, 1.807) is 0 Å². The van der Waals surface area contributed by atoms with Gasteiger partial charge in [-0.2, -0.15) is 0 Å². The Kier molecular flexibility index (Phi) is 5.35. The Morgan fingerprint density at radius 1 is 1.30 bits per heavy atom. The summed E-state index contributed by atoms with van der Waals surface area (Å²) in [6, 6.07) is 9.41. The van der Waals surface area contributed by atoms with Gasteiger partial charge in [-0.05, 0) is 37.9 Å². The van der Waals surface area contributed by atoms with Gasteiger partial charge in [-0.1, -0.05) is 30.3 Å². The van der Waals surface area contributed by atoms with Crippen molar-refractivity contribution in [3.8, 4) is 0 Å². The first-order valence-electron chi connectivity index (χ1n) is 7.02. The average Bonchev–Trinajstić information content (AvgIpc) is 2.69. The van der Waals surface area contributed by atoms with Crippen LogP contribution in [0.3, 0.4) is 0 Å². The lowest BCUT2D eigenvalue weighted by molar-refractivity contribution is 0.113. The van der Waals surface area contributed by atoms with Crippen molar-refractivity contribution < 1.29 is 13.9 Å². The number of carbonyl (C=O) groups excluding carboxylic acids is 1. The predicted octanol–water partition coefficient (Wildman–Crippen LogP) is 2.39. The molecule has 2 N–H and O–H groups in total. The topological polar surface area (TPSA) is 50.4 Å². The maximum absolute atomic E-state index is 14.4. The van der Waals surface area contributed by atoms with E-state index >= 15 is 0 Å². The lowest BCUT2D eigenvalue weighted by atomic mass is 9.97. The third-order valence-corrected chi connectivity index (χ3v) is 3.49. The number of alkyl carbamates (subject to hydrolysis) is 1. The first-order valence-corrected chi connectivity index (χ1v) is 7.02. The highest BCUT2D eigenvalue weighted by molar-refractivity contribution is 5.67. The number of carbonyl (C=O) groups is 1. The second kappa shape index (κ2) is 7.24. The largest absolute Gasteiger partial charge is 0.445 e. The van der Waals surface area contributed by atoms with Gasteiger partial charge in [0.05, 0.1) is 6.54 Å². The quantitative estimate of drug-likeness (QED) is 0.890. The molecule has 20 heavy (non-hydrogen) atoms. The van der Waals surface area contributed by atoms with E-state index < -0.39 is 11.8 Å². The Hall–Kier alpha value is -1.62. The van der Waals surface area contributed by atoms with E-state index in [1.165, 1.54) is 0 Å². The normalized spacial score (nSPS) is 22.9. The van der Waals surface area contributed by atoms with E-state index in [0.29, 0.717) is 19.4 Å². The highest BCUT2D eigenvalue weighted by Gasteiger charge is 2.30. The highest BCUT2D eigenvalue weighted by Crippen LogP contribution is 2.23. The number of hydrogen-bond donors (Lipinski definition) is 2. The van der Waals surface area contributed by atoms with Crippen LogP contribution in [0.2, 0.25) is 0 Å². The number of hydrogen-bond acceptors (Lipinski definition) is 3. The van der Waals surface area contributed by atoms with Crippen LogP contribution in [0.1, 0.15) is 24.8 Å². The predicted molar refractivity (Wildman–Crippen MR) is 75.2 cm³/mol. The van der Waals surface area contributed by atoms with Crippen LogP contribution < -0.4 is 10.6 Å². The fourth-order valence-electron chi connectivity index (χ4n) is 2.27. The molecule has 0 saturated carbocycles. The maximum Gasteiger partial charge on any atom is 0.407 e. The standard InChI is InChI=1S/C15H21FN2O2/c16-15(7-4-9-17-10-8-15)12-18-14(19)20-11-13-5-2-1-3-6-13/h1-3,5-6,17H,4,7-12H2,(H,18,19). The van der Waals surface area contributed by atoms with Crippen molar-refractivity contribution in [2.75, 3.05) is 19.6 Å². The Morgan fingerprint density at radius 2 is 2.10 bits per heavy atom. The molecule has 0 bridgehead atoms. The van der Waals surface area contributed by atoms with E-state index in [9.17, 15) is 9.18 Å². The molecular formula is C15H21FN2O2. The average molecular weight is 280 g/mol. The summed E-state index contributed by atoms with van der Waals surface area (Å²) in [6.45, 7) is 1.71. The second-order valence-corrected chi connectivity index (χ2v) is 5.17. The van der Waals surface area contributed by atoms with Crippen molar-refractivity contribution in [3.63, 3.8) is 0 Å². The van der Waals surface area contributed by atoms with Gasteiger partial charge in [-0.25, -0.2) is 9.18 Å². The molecule has 1 aliphatic rings. The van der Waals surface area contributed by atoms with Crippen molar-refractivity contribution in [1.82, 2.24) is 10.6 Å². The van der Waals surface area contributed by atoms with Gasteiger partial charge in [0.15, 0.2) is 0 Å². The fourth-order valence-corrected chi connectivity index (χ4v) is 2.27. The summed E-state index contributed by atoms with van der Waals surface area (Å²) in [5.74, 6) is 0. The third kappa shape index (κ3) is 4.81. The van der Waals surface area contributed by atoms with E-state index in [-0.39, 0.29) is 13.2 Å². The number of nitrogens with one attached hydrogen (secondary N) is 2. The van der Waals surface area contributed by atoms with Gasteiger partial charge < -0.3 is 15.4 Å². The lowest BCUT2D eigenvalue weighted by Gasteiger charge is -2.23. The van der Waals surface area contributed by atoms with Crippen LogP contribution in [0.4, 0.5) is 9.18 Å². The van der Waals surface area contributed by atoms with E-state index in [1.807, 2.05) is 30.3 Å². The molecule has 5 heteroatoms. The highest BCUT2D eigenvalue weighted by atomic mass is 19.1. The van der Waals surface area contributed by atoms with E-state index in [4.69, 9.17) is 4.74 Å². The van der Waals surface area contributed by atoms with Crippen molar-refractivity contribution in [2.24, 2.45) is 0 Å². The minimum atomic E-state index is -1.32. The summed E-state index contributed by atoms with van der Waals surface area (Å²) in [5, 5.41) is 5.68. The number of ether oxygens (including phenoxy) is 1. The maximum atomic E-state index is 14.4. The molecule has 1 fully saturated rings. The molecule has 1 heterocycles. The smallest absolute Gasteiger partial charge is 0.407 e. The minimum Gasteiger partial charge on any atom is -0.445 e. The van der Waals surface area contributed by atoms with Gasteiger partial charge in [0.2, 0.25) is 0 Å². The molecule has 1 aromatic rings. The Bertz CT molecular complexity index is 417. The van der Waals surface area contributed by atoms with Gasteiger partial charge in [0.25, 0.3) is 0 Å². The number of benzene rings is 1. The van der Waals surface area contributed by atoms with Gasteiger partial charge in [0, 0.05) is 0 Å². The molecule has 1 saturated heterocycles. The van der Waals surface area contributed by atoms with Crippen LogP contribution in [0, 0.1) is 0 Å². The molecule has 1 atom stereocenters.